The molecule has 0 spiro atoms. The first kappa shape index (κ1) is 21.3. The van der Waals surface area contributed by atoms with Crippen LogP contribution in [0.4, 0.5) is 0 Å². The van der Waals surface area contributed by atoms with Gasteiger partial charge in [0.2, 0.25) is 6.79 Å². The van der Waals surface area contributed by atoms with Crippen molar-refractivity contribution >= 4 is 48.5 Å². The van der Waals surface area contributed by atoms with Crippen LogP contribution in [0, 0.1) is 0 Å². The Morgan fingerprint density at radius 2 is 1.83 bits per heavy atom. The largest absolute Gasteiger partial charge is 2.00 e. The second-order valence-corrected chi connectivity index (χ2v) is 8.03. The smallest absolute Gasteiger partial charge is 1.00 e. The van der Waals surface area contributed by atoms with E-state index in [-0.39, 0.29) is 45.8 Å². The molecule has 1 heterocycles. The van der Waals surface area contributed by atoms with Gasteiger partial charge in [0.15, 0.2) is 11.5 Å². The monoisotopic (exact) mass is 366 g/mol. The molecule has 1 aliphatic heterocycles. The van der Waals surface area contributed by atoms with Crippen molar-refractivity contribution in [3.63, 3.8) is 0 Å². The van der Waals surface area contributed by atoms with Crippen LogP contribution in [0.5, 0.6) is 11.5 Å². The van der Waals surface area contributed by atoms with Gasteiger partial charge in [0.25, 0.3) is 0 Å². The molecule has 0 aromatic heterocycles. The Morgan fingerprint density at radius 1 is 1.13 bits per heavy atom. The van der Waals surface area contributed by atoms with Gasteiger partial charge < -0.3 is 12.3 Å². The van der Waals surface area contributed by atoms with Crippen molar-refractivity contribution in [2.45, 2.75) is 64.0 Å². The minimum absolute atomic E-state index is 0. The zero-order valence-corrected chi connectivity index (χ0v) is 17.5. The molecule has 23 heavy (non-hydrogen) atoms. The fourth-order valence-electron chi connectivity index (χ4n) is 2.72. The Bertz CT molecular complexity index is 503. The molecule has 5 heteroatoms. The van der Waals surface area contributed by atoms with E-state index < -0.39 is 10.8 Å². The standard InChI is InChI=1S/C18H28O3S.Ca.2H/c1-3-4-5-6-7-8-11-22(19)15(2)12-16-9-10-17-18(13-16)21-14-20-17;;;/h9-10,13,15H,3-8,11-12,14H2,1-2H3;;;/q;+2;2*-1. The number of hydrogen-bond acceptors (Lipinski definition) is 3. The van der Waals surface area contributed by atoms with E-state index in [9.17, 15) is 4.21 Å². The molecule has 0 bridgehead atoms. The van der Waals surface area contributed by atoms with Crippen LogP contribution in [0.15, 0.2) is 18.2 Å². The van der Waals surface area contributed by atoms with E-state index in [1.165, 1.54) is 37.7 Å². The van der Waals surface area contributed by atoms with Gasteiger partial charge >= 0.3 is 37.7 Å². The summed E-state index contributed by atoms with van der Waals surface area (Å²) in [5.74, 6) is 2.45. The van der Waals surface area contributed by atoms with E-state index in [4.69, 9.17) is 9.47 Å². The third kappa shape index (κ3) is 7.33. The van der Waals surface area contributed by atoms with Crippen molar-refractivity contribution in [3.05, 3.63) is 23.8 Å². The summed E-state index contributed by atoms with van der Waals surface area (Å²) in [4.78, 5) is 0. The average molecular weight is 367 g/mol. The Kier molecular flexibility index (Phi) is 10.8. The average Bonchev–Trinajstić information content (AvgIpc) is 2.98. The van der Waals surface area contributed by atoms with E-state index >= 15 is 0 Å². The van der Waals surface area contributed by atoms with E-state index in [2.05, 4.69) is 13.8 Å². The van der Waals surface area contributed by atoms with E-state index in [1.807, 2.05) is 18.2 Å². The molecular weight excluding hydrogens is 336 g/mol. The van der Waals surface area contributed by atoms with Crippen LogP contribution in [0.1, 0.15) is 60.8 Å². The summed E-state index contributed by atoms with van der Waals surface area (Å²) in [5, 5.41) is 0.191. The van der Waals surface area contributed by atoms with Crippen molar-refractivity contribution < 1.29 is 16.5 Å². The van der Waals surface area contributed by atoms with Gasteiger partial charge in [-0.25, -0.2) is 0 Å². The number of benzene rings is 1. The molecule has 2 rings (SSSR count). The van der Waals surface area contributed by atoms with Gasteiger partial charge in [0.1, 0.15) is 0 Å². The van der Waals surface area contributed by atoms with Crippen LogP contribution in [-0.2, 0) is 17.2 Å². The Hall–Kier alpha value is 0.230. The number of rotatable bonds is 10. The molecule has 1 aliphatic rings. The second kappa shape index (κ2) is 11.7. The number of hydrogen-bond donors (Lipinski definition) is 0. The Labute approximate surface area is 175 Å². The molecule has 0 saturated carbocycles. The summed E-state index contributed by atoms with van der Waals surface area (Å²) < 4.78 is 23.0. The Balaban J connectivity index is 0. The Morgan fingerprint density at radius 3 is 2.61 bits per heavy atom. The summed E-state index contributed by atoms with van der Waals surface area (Å²) >= 11 is 0. The molecule has 0 amide bonds. The van der Waals surface area contributed by atoms with E-state index in [1.54, 1.807) is 0 Å². The van der Waals surface area contributed by atoms with Crippen LogP contribution >= 0.6 is 0 Å². The fourth-order valence-corrected chi connectivity index (χ4v) is 3.99. The van der Waals surface area contributed by atoms with Crippen LogP contribution in [0.25, 0.3) is 0 Å². The van der Waals surface area contributed by atoms with Crippen molar-refractivity contribution in [2.75, 3.05) is 12.5 Å². The number of ether oxygens (including phenoxy) is 2. The number of fused-ring (bicyclic) bond motifs is 1. The predicted molar refractivity (Wildman–Crippen MR) is 100 cm³/mol. The molecule has 0 fully saturated rings. The molecule has 128 valence electrons. The van der Waals surface area contributed by atoms with Gasteiger partial charge in [-0.1, -0.05) is 52.0 Å². The molecule has 1 aromatic rings. The van der Waals surface area contributed by atoms with Gasteiger partial charge in [-0.2, -0.15) is 0 Å². The van der Waals surface area contributed by atoms with Crippen LogP contribution in [-0.4, -0.2) is 59.7 Å². The first-order valence-corrected chi connectivity index (χ1v) is 9.84. The van der Waals surface area contributed by atoms with Crippen LogP contribution < -0.4 is 9.47 Å². The third-order valence-corrected chi connectivity index (χ3v) is 5.86. The van der Waals surface area contributed by atoms with Gasteiger partial charge in [0.05, 0.1) is 0 Å². The summed E-state index contributed by atoms with van der Waals surface area (Å²) in [6, 6.07) is 6.01. The molecule has 3 nitrogen and oxygen atoms in total. The zero-order chi connectivity index (χ0) is 15.8. The zero-order valence-electron chi connectivity index (χ0n) is 16.5. The normalized spacial score (nSPS) is 15.0. The van der Waals surface area contributed by atoms with E-state index in [0.717, 1.165) is 30.1 Å². The van der Waals surface area contributed by atoms with Crippen LogP contribution in [0.2, 0.25) is 0 Å². The second-order valence-electron chi connectivity index (χ2n) is 6.05. The predicted octanol–water partition coefficient (Wildman–Crippen LogP) is 4.30. The third-order valence-electron chi connectivity index (χ3n) is 4.11. The topological polar surface area (TPSA) is 35.5 Å². The molecule has 2 atom stereocenters. The minimum Gasteiger partial charge on any atom is -1.00 e. The van der Waals surface area contributed by atoms with Crippen LogP contribution in [0.3, 0.4) is 0 Å². The molecule has 1 aromatic carbocycles. The molecule has 0 aliphatic carbocycles. The van der Waals surface area contributed by atoms with Gasteiger partial charge in [-0.3, -0.25) is 4.21 Å². The summed E-state index contributed by atoms with van der Waals surface area (Å²) in [6.45, 7) is 4.61. The summed E-state index contributed by atoms with van der Waals surface area (Å²) in [6.07, 6.45) is 8.32. The first-order chi connectivity index (χ1) is 10.7. The van der Waals surface area contributed by atoms with E-state index in [0.29, 0.717) is 6.79 Å². The maximum Gasteiger partial charge on any atom is 2.00 e. The SMILES string of the molecule is CCCCCCCCS(=O)C(C)Cc1ccc2c(c1)OCO2.[Ca+2].[H-].[H-]. The van der Waals surface area contributed by atoms with Crippen molar-refractivity contribution in [1.82, 2.24) is 0 Å². The van der Waals surface area contributed by atoms with Crippen molar-refractivity contribution in [2.24, 2.45) is 0 Å². The van der Waals surface area contributed by atoms with Gasteiger partial charge in [-0.05, 0) is 30.5 Å². The van der Waals surface area contributed by atoms with Gasteiger partial charge in [0, 0.05) is 21.8 Å². The first-order valence-electron chi connectivity index (χ1n) is 8.46. The molecule has 0 N–H and O–H groups in total. The minimum atomic E-state index is -0.743. The van der Waals surface area contributed by atoms with Gasteiger partial charge in [-0.15, -0.1) is 0 Å². The molecule has 0 saturated heterocycles. The summed E-state index contributed by atoms with van der Waals surface area (Å²) in [7, 11) is -0.743. The summed E-state index contributed by atoms with van der Waals surface area (Å²) in [5.41, 5.74) is 1.17. The molecule has 0 radical (unpaired) electrons. The van der Waals surface area contributed by atoms with Crippen molar-refractivity contribution in [1.29, 1.82) is 0 Å². The number of unbranched alkanes of at least 4 members (excludes halogenated alkanes) is 5. The van der Waals surface area contributed by atoms with Crippen molar-refractivity contribution in [3.8, 4) is 11.5 Å². The molecular formula is C18H30CaO3S. The quantitative estimate of drug-likeness (QED) is 0.457. The molecule has 2 unspecified atom stereocenters. The maximum atomic E-state index is 12.3. The maximum absolute atomic E-state index is 12.3. The fraction of sp³-hybridized carbons (Fsp3) is 0.667.